The number of rotatable bonds is 3. The van der Waals surface area contributed by atoms with Crippen molar-refractivity contribution in [3.63, 3.8) is 0 Å². The molecule has 230 valence electrons. The number of allylic oxidation sites excluding steroid dienone is 1. The van der Waals surface area contributed by atoms with Crippen molar-refractivity contribution >= 4 is 29.2 Å². The molecular formula is C33H33F3N4O4. The number of hydrogen-bond acceptors (Lipinski definition) is 5. The van der Waals surface area contributed by atoms with Crippen molar-refractivity contribution < 1.29 is 32.3 Å². The van der Waals surface area contributed by atoms with Gasteiger partial charge in [-0.15, -0.1) is 0 Å². The Morgan fingerprint density at radius 1 is 1.05 bits per heavy atom. The fourth-order valence-electron chi connectivity index (χ4n) is 5.97. The monoisotopic (exact) mass is 606 g/mol. The number of ether oxygens (including phenoxy) is 1. The predicted molar refractivity (Wildman–Crippen MR) is 157 cm³/mol. The van der Waals surface area contributed by atoms with E-state index in [1.165, 1.54) is 29.0 Å². The zero-order chi connectivity index (χ0) is 32.0. The molecule has 11 heteroatoms. The molecule has 3 aliphatic rings. The lowest BCUT2D eigenvalue weighted by Crippen LogP contribution is -2.50. The van der Waals surface area contributed by atoms with Crippen molar-refractivity contribution in [3.05, 3.63) is 82.1 Å². The number of benzene rings is 2. The second-order valence-electron chi connectivity index (χ2n) is 12.1. The summed E-state index contributed by atoms with van der Waals surface area (Å²) in [6.07, 6.45) is -1.67. The fourth-order valence-corrected chi connectivity index (χ4v) is 5.97. The van der Waals surface area contributed by atoms with Gasteiger partial charge in [-0.1, -0.05) is 18.2 Å². The van der Waals surface area contributed by atoms with E-state index in [2.05, 4.69) is 6.07 Å². The summed E-state index contributed by atoms with van der Waals surface area (Å²) >= 11 is 0. The second kappa shape index (κ2) is 11.5. The fraction of sp³-hybridized carbons (Fsp3) is 0.394. The maximum Gasteiger partial charge on any atom is 0.416 e. The van der Waals surface area contributed by atoms with Gasteiger partial charge in [-0.05, 0) is 87.1 Å². The summed E-state index contributed by atoms with van der Waals surface area (Å²) in [4.78, 5) is 44.4. The Morgan fingerprint density at radius 2 is 1.80 bits per heavy atom. The average molecular weight is 607 g/mol. The summed E-state index contributed by atoms with van der Waals surface area (Å²) < 4.78 is 46.2. The molecular weight excluding hydrogens is 573 g/mol. The van der Waals surface area contributed by atoms with Crippen LogP contribution in [-0.2, 0) is 15.7 Å². The smallest absolute Gasteiger partial charge is 0.416 e. The highest BCUT2D eigenvalue weighted by Gasteiger charge is 2.44. The minimum absolute atomic E-state index is 0.0367. The van der Waals surface area contributed by atoms with Crippen molar-refractivity contribution in [2.45, 2.75) is 64.3 Å². The maximum atomic E-state index is 14.0. The van der Waals surface area contributed by atoms with Crippen LogP contribution < -0.4 is 4.90 Å². The first kappa shape index (κ1) is 30.9. The summed E-state index contributed by atoms with van der Waals surface area (Å²) in [5.74, 6) is -0.184. The minimum Gasteiger partial charge on any atom is -0.444 e. The molecule has 0 aromatic heterocycles. The van der Waals surface area contributed by atoms with Crippen LogP contribution in [0.2, 0.25) is 0 Å². The van der Waals surface area contributed by atoms with Gasteiger partial charge < -0.3 is 14.5 Å². The van der Waals surface area contributed by atoms with Crippen LogP contribution >= 0.6 is 0 Å². The van der Waals surface area contributed by atoms with Crippen LogP contribution in [0.5, 0.6) is 0 Å². The number of Topliss-reactive ketones (excluding diaryl/α,β-unsaturated/α-hetero) is 1. The molecule has 0 saturated heterocycles. The molecule has 5 rings (SSSR count). The lowest BCUT2D eigenvalue weighted by atomic mass is 9.80. The molecule has 1 atom stereocenters. The summed E-state index contributed by atoms with van der Waals surface area (Å²) in [6.45, 7) is 6.02. The van der Waals surface area contributed by atoms with Gasteiger partial charge in [0.25, 0.3) is 0 Å². The third-order valence-electron chi connectivity index (χ3n) is 7.97. The summed E-state index contributed by atoms with van der Waals surface area (Å²) in [6, 6.07) is 10.4. The summed E-state index contributed by atoms with van der Waals surface area (Å²) in [5, 5.41) is 9.69. The van der Waals surface area contributed by atoms with Gasteiger partial charge in [-0.25, -0.2) is 9.59 Å². The Bertz CT molecular complexity index is 1630. The SMILES string of the molecule is CN1C(=O)N(c2cccc(C(F)(F)F)c2)C2=C(C(=O)CCC2)C1c1ccc(C#N)cc1C1=CCN(C(=O)OC(C)(C)C)CC1. The van der Waals surface area contributed by atoms with E-state index in [0.717, 1.165) is 17.7 Å². The lowest BCUT2D eigenvalue weighted by Gasteiger charge is -2.44. The summed E-state index contributed by atoms with van der Waals surface area (Å²) in [5.41, 5.74) is 1.78. The normalized spacial score (nSPS) is 19.5. The van der Waals surface area contributed by atoms with E-state index in [4.69, 9.17) is 4.74 Å². The molecule has 2 aliphatic heterocycles. The Balaban J connectivity index is 1.60. The van der Waals surface area contributed by atoms with Crippen molar-refractivity contribution in [2.75, 3.05) is 25.0 Å². The molecule has 3 amide bonds. The molecule has 1 unspecified atom stereocenters. The molecule has 8 nitrogen and oxygen atoms in total. The van der Waals surface area contributed by atoms with Crippen LogP contribution in [0.3, 0.4) is 0 Å². The number of likely N-dealkylation sites (N-methyl/N-ethyl adjacent to an activating group) is 1. The summed E-state index contributed by atoms with van der Waals surface area (Å²) in [7, 11) is 1.53. The standard InChI is InChI=1S/C33H33F3N4O4/c1-32(2,3)44-31(43)39-15-13-21(14-16-39)25-17-20(19-37)11-12-24(25)29-28-26(9-6-10-27(28)41)40(30(42)38(29)4)23-8-5-7-22(18-23)33(34,35)36/h5,7-8,11-13,17-18,29H,6,9-10,14-16H2,1-4H3. The highest BCUT2D eigenvalue weighted by Crippen LogP contribution is 2.46. The van der Waals surface area contributed by atoms with E-state index in [1.807, 2.05) is 6.08 Å². The van der Waals surface area contributed by atoms with Crippen molar-refractivity contribution in [1.82, 2.24) is 9.80 Å². The van der Waals surface area contributed by atoms with E-state index in [-0.39, 0.29) is 24.4 Å². The molecule has 0 saturated carbocycles. The third-order valence-corrected chi connectivity index (χ3v) is 7.97. The van der Waals surface area contributed by atoms with Crippen LogP contribution in [0.1, 0.15) is 74.8 Å². The Hall–Kier alpha value is -4.59. The van der Waals surface area contributed by atoms with E-state index in [0.29, 0.717) is 53.8 Å². The van der Waals surface area contributed by atoms with Crippen LogP contribution in [0, 0.1) is 11.3 Å². The van der Waals surface area contributed by atoms with Crippen molar-refractivity contribution in [3.8, 4) is 6.07 Å². The van der Waals surface area contributed by atoms with Crippen LogP contribution in [0.4, 0.5) is 28.4 Å². The molecule has 2 aromatic carbocycles. The molecule has 0 fully saturated rings. The quantitative estimate of drug-likeness (QED) is 0.368. The molecule has 2 aromatic rings. The van der Waals surface area contributed by atoms with E-state index >= 15 is 0 Å². The van der Waals surface area contributed by atoms with Gasteiger partial charge in [0.15, 0.2) is 5.78 Å². The first-order valence-electron chi connectivity index (χ1n) is 14.4. The molecule has 0 radical (unpaired) electrons. The maximum absolute atomic E-state index is 14.0. The zero-order valence-electron chi connectivity index (χ0n) is 25.0. The van der Waals surface area contributed by atoms with Gasteiger partial charge in [-0.3, -0.25) is 9.69 Å². The highest BCUT2D eigenvalue weighted by molar-refractivity contribution is 6.06. The molecule has 0 N–H and O–H groups in total. The number of urea groups is 1. The first-order valence-corrected chi connectivity index (χ1v) is 14.4. The molecule has 44 heavy (non-hydrogen) atoms. The van der Waals surface area contributed by atoms with Gasteiger partial charge in [0, 0.05) is 37.8 Å². The Kier molecular flexibility index (Phi) is 8.05. The van der Waals surface area contributed by atoms with Gasteiger partial charge in [-0.2, -0.15) is 18.4 Å². The van der Waals surface area contributed by atoms with Gasteiger partial charge in [0.2, 0.25) is 0 Å². The number of halogens is 3. The molecule has 0 bridgehead atoms. The number of ketones is 1. The number of nitrogens with zero attached hydrogens (tertiary/aromatic N) is 4. The van der Waals surface area contributed by atoms with Crippen LogP contribution in [-0.4, -0.2) is 53.4 Å². The molecule has 0 spiro atoms. The average Bonchev–Trinajstić information content (AvgIpc) is 2.97. The van der Waals surface area contributed by atoms with E-state index in [9.17, 15) is 32.8 Å². The highest BCUT2D eigenvalue weighted by atomic mass is 19.4. The topological polar surface area (TPSA) is 94.0 Å². The predicted octanol–water partition coefficient (Wildman–Crippen LogP) is 7.22. The largest absolute Gasteiger partial charge is 0.444 e. The van der Waals surface area contributed by atoms with Crippen LogP contribution in [0.15, 0.2) is 59.8 Å². The molecule has 1 aliphatic carbocycles. The van der Waals surface area contributed by atoms with Gasteiger partial charge in [0.1, 0.15) is 5.60 Å². The number of carbonyl (C=O) groups is 3. The van der Waals surface area contributed by atoms with Gasteiger partial charge >= 0.3 is 18.3 Å². The number of carbonyl (C=O) groups excluding carboxylic acids is 3. The Morgan fingerprint density at radius 3 is 2.43 bits per heavy atom. The lowest BCUT2D eigenvalue weighted by molar-refractivity contribution is -0.137. The molecule has 2 heterocycles. The first-order chi connectivity index (χ1) is 20.7. The Labute approximate surface area is 254 Å². The van der Waals surface area contributed by atoms with Gasteiger partial charge in [0.05, 0.1) is 28.9 Å². The van der Waals surface area contributed by atoms with Crippen molar-refractivity contribution in [2.24, 2.45) is 0 Å². The number of anilines is 1. The number of nitriles is 1. The van der Waals surface area contributed by atoms with Crippen molar-refractivity contribution in [1.29, 1.82) is 5.26 Å². The third kappa shape index (κ3) is 5.94. The van der Waals surface area contributed by atoms with E-state index < -0.39 is 35.5 Å². The number of hydrogen-bond donors (Lipinski definition) is 0. The number of amides is 3. The zero-order valence-corrected chi connectivity index (χ0v) is 25.0. The van der Waals surface area contributed by atoms with E-state index in [1.54, 1.807) is 43.9 Å². The minimum atomic E-state index is -4.60. The second-order valence-corrected chi connectivity index (χ2v) is 12.1. The number of alkyl halides is 3. The van der Waals surface area contributed by atoms with Crippen LogP contribution in [0.25, 0.3) is 5.57 Å².